The Morgan fingerprint density at radius 1 is 1.12 bits per heavy atom. The molecule has 3 rings (SSSR count). The molecule has 1 aliphatic rings. The first-order valence-corrected chi connectivity index (χ1v) is 10.1. The van der Waals surface area contributed by atoms with Gasteiger partial charge in [-0.05, 0) is 31.0 Å². The van der Waals surface area contributed by atoms with Crippen molar-refractivity contribution in [2.45, 2.75) is 12.8 Å². The van der Waals surface area contributed by atoms with Crippen LogP contribution in [0.5, 0.6) is 11.5 Å². The number of nitro groups is 1. The van der Waals surface area contributed by atoms with Crippen LogP contribution in [0.15, 0.2) is 42.5 Å². The lowest BCUT2D eigenvalue weighted by Crippen LogP contribution is -2.37. The Kier molecular flexibility index (Phi) is 7.48. The summed E-state index contributed by atoms with van der Waals surface area (Å²) >= 11 is 0. The molecule has 1 N–H and O–H groups in total. The van der Waals surface area contributed by atoms with Gasteiger partial charge in [0.15, 0.2) is 6.61 Å². The summed E-state index contributed by atoms with van der Waals surface area (Å²) < 4.78 is 15.6. The molecular formula is C22H25N3O7. The summed E-state index contributed by atoms with van der Waals surface area (Å²) in [6.07, 6.45) is 0.965. The molecule has 1 saturated heterocycles. The minimum absolute atomic E-state index is 0.0400. The van der Waals surface area contributed by atoms with Crippen molar-refractivity contribution >= 4 is 28.9 Å². The molecule has 2 aromatic rings. The van der Waals surface area contributed by atoms with E-state index in [-0.39, 0.29) is 11.6 Å². The Morgan fingerprint density at radius 2 is 1.84 bits per heavy atom. The summed E-state index contributed by atoms with van der Waals surface area (Å²) in [5, 5.41) is 13.9. The molecular weight excluding hydrogens is 418 g/mol. The van der Waals surface area contributed by atoms with E-state index in [0.29, 0.717) is 48.8 Å². The zero-order valence-corrected chi connectivity index (χ0v) is 17.9. The highest BCUT2D eigenvalue weighted by atomic mass is 16.6. The first-order valence-electron chi connectivity index (χ1n) is 10.1. The second-order valence-corrected chi connectivity index (χ2v) is 7.23. The van der Waals surface area contributed by atoms with Gasteiger partial charge in [-0.15, -0.1) is 0 Å². The zero-order valence-electron chi connectivity index (χ0n) is 17.9. The molecule has 0 unspecified atom stereocenters. The summed E-state index contributed by atoms with van der Waals surface area (Å²) in [4.78, 5) is 37.4. The van der Waals surface area contributed by atoms with Gasteiger partial charge in [0.05, 0.1) is 30.7 Å². The molecule has 32 heavy (non-hydrogen) atoms. The second kappa shape index (κ2) is 10.5. The Hall–Kier alpha value is -3.82. The molecule has 0 aliphatic carbocycles. The van der Waals surface area contributed by atoms with E-state index in [9.17, 15) is 19.7 Å². The highest BCUT2D eigenvalue weighted by Crippen LogP contribution is 2.32. The van der Waals surface area contributed by atoms with Crippen LogP contribution >= 0.6 is 0 Å². The average molecular weight is 443 g/mol. The predicted molar refractivity (Wildman–Crippen MR) is 117 cm³/mol. The third-order valence-electron chi connectivity index (χ3n) is 5.27. The van der Waals surface area contributed by atoms with E-state index in [1.54, 1.807) is 36.4 Å². The maximum absolute atomic E-state index is 12.4. The van der Waals surface area contributed by atoms with Gasteiger partial charge < -0.3 is 24.4 Å². The molecule has 2 aromatic carbocycles. The normalized spacial score (nSPS) is 13.9. The SMILES string of the molecule is COc1ccc(OC)c(NC(=O)COC(=O)C2CCN(c3ccccc3[N+](=O)[O-])CC2)c1. The summed E-state index contributed by atoms with van der Waals surface area (Å²) in [5.41, 5.74) is 0.986. The number of hydrogen-bond donors (Lipinski definition) is 1. The first-order chi connectivity index (χ1) is 15.4. The van der Waals surface area contributed by atoms with Gasteiger partial charge in [0.25, 0.3) is 11.6 Å². The van der Waals surface area contributed by atoms with Crippen molar-refractivity contribution in [3.05, 3.63) is 52.6 Å². The number of nitrogens with zero attached hydrogens (tertiary/aromatic N) is 2. The number of amides is 1. The smallest absolute Gasteiger partial charge is 0.309 e. The Bertz CT molecular complexity index is 987. The number of rotatable bonds is 8. The summed E-state index contributed by atoms with van der Waals surface area (Å²) in [7, 11) is 2.99. The molecule has 10 heteroatoms. The molecule has 1 fully saturated rings. The zero-order chi connectivity index (χ0) is 23.1. The molecule has 0 radical (unpaired) electrons. The topological polar surface area (TPSA) is 120 Å². The van der Waals surface area contributed by atoms with Crippen molar-refractivity contribution in [3.63, 3.8) is 0 Å². The molecule has 0 saturated carbocycles. The van der Waals surface area contributed by atoms with E-state index >= 15 is 0 Å². The van der Waals surface area contributed by atoms with Crippen molar-refractivity contribution < 1.29 is 28.7 Å². The van der Waals surface area contributed by atoms with Gasteiger partial charge >= 0.3 is 5.97 Å². The van der Waals surface area contributed by atoms with Gasteiger partial charge in [-0.25, -0.2) is 0 Å². The molecule has 0 atom stereocenters. The van der Waals surface area contributed by atoms with E-state index in [4.69, 9.17) is 14.2 Å². The number of methoxy groups -OCH3 is 2. The molecule has 1 heterocycles. The Labute approximate surface area is 185 Å². The van der Waals surface area contributed by atoms with Crippen LogP contribution in [-0.4, -0.2) is 50.7 Å². The third-order valence-corrected chi connectivity index (χ3v) is 5.27. The molecule has 10 nitrogen and oxygen atoms in total. The van der Waals surface area contributed by atoms with E-state index in [2.05, 4.69) is 5.32 Å². The van der Waals surface area contributed by atoms with Gasteiger partial charge in [-0.3, -0.25) is 19.7 Å². The molecule has 0 spiro atoms. The fourth-order valence-corrected chi connectivity index (χ4v) is 3.59. The number of piperidine rings is 1. The van der Waals surface area contributed by atoms with Crippen LogP contribution in [-0.2, 0) is 14.3 Å². The van der Waals surface area contributed by atoms with Crippen LogP contribution in [0, 0.1) is 16.0 Å². The van der Waals surface area contributed by atoms with Gasteiger partial charge in [-0.2, -0.15) is 0 Å². The number of anilines is 2. The van der Waals surface area contributed by atoms with Crippen LogP contribution in [0.3, 0.4) is 0 Å². The van der Waals surface area contributed by atoms with Crippen LogP contribution in [0.25, 0.3) is 0 Å². The maximum atomic E-state index is 12.4. The van der Waals surface area contributed by atoms with E-state index in [0.717, 1.165) is 0 Å². The summed E-state index contributed by atoms with van der Waals surface area (Å²) in [6, 6.07) is 11.5. The fraction of sp³-hybridized carbons (Fsp3) is 0.364. The number of hydrogen-bond acceptors (Lipinski definition) is 8. The third kappa shape index (κ3) is 5.45. The summed E-state index contributed by atoms with van der Waals surface area (Å²) in [6.45, 7) is 0.541. The lowest BCUT2D eigenvalue weighted by atomic mass is 9.96. The number of nitrogens with one attached hydrogen (secondary N) is 1. The van der Waals surface area contributed by atoms with Crippen molar-refractivity contribution in [1.29, 1.82) is 0 Å². The molecule has 0 aromatic heterocycles. The van der Waals surface area contributed by atoms with Crippen molar-refractivity contribution in [1.82, 2.24) is 0 Å². The highest BCUT2D eigenvalue weighted by molar-refractivity contribution is 5.94. The number of carbonyl (C=O) groups excluding carboxylic acids is 2. The molecule has 1 aliphatic heterocycles. The maximum Gasteiger partial charge on any atom is 0.309 e. The van der Waals surface area contributed by atoms with Gasteiger partial charge in [0, 0.05) is 25.2 Å². The quantitative estimate of drug-likeness (QED) is 0.376. The number of benzene rings is 2. The number of nitro benzene ring substituents is 1. The lowest BCUT2D eigenvalue weighted by Gasteiger charge is -2.32. The van der Waals surface area contributed by atoms with Crippen LogP contribution in [0.2, 0.25) is 0 Å². The van der Waals surface area contributed by atoms with Crippen LogP contribution < -0.4 is 19.7 Å². The standard InChI is InChI=1S/C22H25N3O7/c1-30-16-7-8-20(31-2)17(13-16)23-21(26)14-32-22(27)15-9-11-24(12-10-15)18-5-3-4-6-19(18)25(28)29/h3-8,13,15H,9-12,14H2,1-2H3,(H,23,26). The molecule has 170 valence electrons. The Morgan fingerprint density at radius 3 is 2.50 bits per heavy atom. The van der Waals surface area contributed by atoms with Crippen LogP contribution in [0.1, 0.15) is 12.8 Å². The number of ether oxygens (including phenoxy) is 3. The van der Waals surface area contributed by atoms with Crippen molar-refractivity contribution in [2.75, 3.05) is 44.1 Å². The second-order valence-electron chi connectivity index (χ2n) is 7.23. The Balaban J connectivity index is 1.51. The van der Waals surface area contributed by atoms with Gasteiger partial charge in [0.1, 0.15) is 17.2 Å². The first kappa shape index (κ1) is 22.9. The molecule has 0 bridgehead atoms. The van der Waals surface area contributed by atoms with Crippen LogP contribution in [0.4, 0.5) is 17.1 Å². The van der Waals surface area contributed by atoms with E-state index in [1.165, 1.54) is 20.3 Å². The number of para-hydroxylation sites is 2. The monoisotopic (exact) mass is 443 g/mol. The van der Waals surface area contributed by atoms with Crippen molar-refractivity contribution in [3.8, 4) is 11.5 Å². The van der Waals surface area contributed by atoms with Crippen molar-refractivity contribution in [2.24, 2.45) is 5.92 Å². The van der Waals surface area contributed by atoms with Gasteiger partial charge in [0.2, 0.25) is 0 Å². The lowest BCUT2D eigenvalue weighted by molar-refractivity contribution is -0.384. The molecule has 1 amide bonds. The average Bonchev–Trinajstić information content (AvgIpc) is 2.82. The minimum atomic E-state index is -0.498. The number of esters is 1. The van der Waals surface area contributed by atoms with Gasteiger partial charge in [-0.1, -0.05) is 12.1 Å². The van der Waals surface area contributed by atoms with E-state index in [1.807, 2.05) is 4.90 Å². The highest BCUT2D eigenvalue weighted by Gasteiger charge is 2.29. The minimum Gasteiger partial charge on any atom is -0.497 e. The summed E-state index contributed by atoms with van der Waals surface area (Å²) in [5.74, 6) is -0.327. The van der Waals surface area contributed by atoms with E-state index < -0.39 is 23.4 Å². The number of carbonyl (C=O) groups is 2. The largest absolute Gasteiger partial charge is 0.497 e. The fourth-order valence-electron chi connectivity index (χ4n) is 3.59. The predicted octanol–water partition coefficient (Wildman–Crippen LogP) is 3.01.